The lowest BCUT2D eigenvalue weighted by Gasteiger charge is -1.99. The van der Waals surface area contributed by atoms with E-state index in [0.29, 0.717) is 0 Å². The van der Waals surface area contributed by atoms with E-state index >= 15 is 0 Å². The van der Waals surface area contributed by atoms with E-state index < -0.39 is 0 Å². The van der Waals surface area contributed by atoms with Gasteiger partial charge in [-0.15, -0.1) is 0 Å². The monoisotopic (exact) mass is 179 g/mol. The van der Waals surface area contributed by atoms with Crippen molar-refractivity contribution in [3.8, 4) is 0 Å². The molecule has 1 heteroatoms. The highest BCUT2D eigenvalue weighted by Crippen LogP contribution is 2.06. The summed E-state index contributed by atoms with van der Waals surface area (Å²) in [5.41, 5.74) is 1.45. The minimum Gasteiger partial charge on any atom is -0.162 e. The maximum Gasteiger partial charge on any atom is -0.00644 e. The number of rotatable bonds is 5. The topological polar surface area (TPSA) is 0 Å². The van der Waals surface area contributed by atoms with E-state index in [9.17, 15) is 0 Å². The summed E-state index contributed by atoms with van der Waals surface area (Å²) in [5.74, 6) is 2.23. The van der Waals surface area contributed by atoms with Gasteiger partial charge in [0.05, 0.1) is 0 Å². The highest BCUT2D eigenvalue weighted by molar-refractivity contribution is 7.99. The molecule has 12 heavy (non-hydrogen) atoms. The van der Waals surface area contributed by atoms with Gasteiger partial charge >= 0.3 is 0 Å². The highest BCUT2D eigenvalue weighted by atomic mass is 32.2. The fourth-order valence-electron chi connectivity index (χ4n) is 1.13. The third-order valence-electron chi connectivity index (χ3n) is 1.74. The summed E-state index contributed by atoms with van der Waals surface area (Å²) in [7, 11) is 0. The Kier molecular flexibility index (Phi) is 4.93. The van der Waals surface area contributed by atoms with E-state index in [1.54, 1.807) is 0 Å². The molecule has 0 nitrogen and oxygen atoms in total. The fraction of sp³-hybridized carbons (Fsp3) is 0.364. The predicted octanol–water partition coefficient (Wildman–Crippen LogP) is 3.19. The number of benzene rings is 1. The van der Waals surface area contributed by atoms with Crippen molar-refractivity contribution >= 4 is 11.8 Å². The molecule has 0 aliphatic heterocycles. The lowest BCUT2D eigenvalue weighted by atomic mass is 10.1. The SMILES string of the molecule is [CH2]CSCCCc1ccccc1. The van der Waals surface area contributed by atoms with Crippen LogP contribution < -0.4 is 0 Å². The first-order chi connectivity index (χ1) is 5.93. The van der Waals surface area contributed by atoms with Crippen LogP contribution in [0.5, 0.6) is 0 Å². The first-order valence-corrected chi connectivity index (χ1v) is 5.50. The molecule has 0 bridgehead atoms. The predicted molar refractivity (Wildman–Crippen MR) is 57.4 cm³/mol. The zero-order valence-electron chi connectivity index (χ0n) is 7.33. The molecule has 0 heterocycles. The Morgan fingerprint density at radius 1 is 1.17 bits per heavy atom. The van der Waals surface area contributed by atoms with Crippen LogP contribution in [0.15, 0.2) is 30.3 Å². The first-order valence-electron chi connectivity index (χ1n) is 4.34. The summed E-state index contributed by atoms with van der Waals surface area (Å²) in [6, 6.07) is 10.6. The standard InChI is InChI=1S/C11H15S/c1-2-12-10-6-9-11-7-4-3-5-8-11/h3-5,7-8H,1-2,6,9-10H2. The molecular weight excluding hydrogens is 164 g/mol. The summed E-state index contributed by atoms with van der Waals surface area (Å²) < 4.78 is 0. The zero-order valence-corrected chi connectivity index (χ0v) is 8.15. The van der Waals surface area contributed by atoms with Crippen LogP contribution in [0.3, 0.4) is 0 Å². The zero-order chi connectivity index (χ0) is 8.65. The van der Waals surface area contributed by atoms with Crippen molar-refractivity contribution in [1.82, 2.24) is 0 Å². The number of thioether (sulfide) groups is 1. The Labute approximate surface area is 79.4 Å². The summed E-state index contributed by atoms with van der Waals surface area (Å²) in [6.07, 6.45) is 2.47. The molecule has 0 aromatic heterocycles. The molecule has 0 amide bonds. The fourth-order valence-corrected chi connectivity index (χ4v) is 1.68. The second-order valence-electron chi connectivity index (χ2n) is 2.70. The molecule has 0 aliphatic rings. The van der Waals surface area contributed by atoms with E-state index in [0.717, 1.165) is 5.75 Å². The Balaban J connectivity index is 2.16. The molecule has 65 valence electrons. The number of hydrogen-bond acceptors (Lipinski definition) is 1. The molecule has 0 saturated carbocycles. The molecule has 0 unspecified atom stereocenters. The van der Waals surface area contributed by atoms with Gasteiger partial charge in [-0.1, -0.05) is 30.3 Å². The average Bonchev–Trinajstić information content (AvgIpc) is 2.14. The van der Waals surface area contributed by atoms with Gasteiger partial charge in [-0.2, -0.15) is 11.8 Å². The van der Waals surface area contributed by atoms with Crippen LogP contribution in [0.1, 0.15) is 12.0 Å². The quantitative estimate of drug-likeness (QED) is 0.626. The van der Waals surface area contributed by atoms with Gasteiger partial charge in [-0.05, 0) is 36.8 Å². The van der Waals surface area contributed by atoms with Crippen LogP contribution in [-0.4, -0.2) is 11.5 Å². The molecular formula is C11H15S. The molecule has 1 radical (unpaired) electrons. The van der Waals surface area contributed by atoms with Crippen LogP contribution in [0.4, 0.5) is 0 Å². The van der Waals surface area contributed by atoms with Crippen molar-refractivity contribution in [1.29, 1.82) is 0 Å². The molecule has 0 saturated heterocycles. The summed E-state index contributed by atoms with van der Waals surface area (Å²) in [4.78, 5) is 0. The van der Waals surface area contributed by atoms with Gasteiger partial charge < -0.3 is 0 Å². The van der Waals surface area contributed by atoms with Gasteiger partial charge in [0.15, 0.2) is 0 Å². The normalized spacial score (nSPS) is 10.1. The molecule has 0 fully saturated rings. The molecule has 0 aliphatic carbocycles. The average molecular weight is 179 g/mol. The van der Waals surface area contributed by atoms with Crippen LogP contribution in [0.25, 0.3) is 0 Å². The van der Waals surface area contributed by atoms with E-state index in [1.807, 2.05) is 11.8 Å². The Morgan fingerprint density at radius 2 is 1.92 bits per heavy atom. The van der Waals surface area contributed by atoms with Crippen molar-refractivity contribution in [2.24, 2.45) is 0 Å². The minimum atomic E-state index is 0.995. The van der Waals surface area contributed by atoms with Crippen molar-refractivity contribution < 1.29 is 0 Å². The van der Waals surface area contributed by atoms with Crippen molar-refractivity contribution in [2.75, 3.05) is 11.5 Å². The van der Waals surface area contributed by atoms with Gasteiger partial charge in [0, 0.05) is 0 Å². The molecule has 0 atom stereocenters. The van der Waals surface area contributed by atoms with Crippen molar-refractivity contribution in [3.05, 3.63) is 42.8 Å². The lowest BCUT2D eigenvalue weighted by Crippen LogP contribution is -1.87. The summed E-state index contributed by atoms with van der Waals surface area (Å²) >= 11 is 1.92. The molecule has 0 spiro atoms. The third-order valence-corrected chi connectivity index (χ3v) is 2.61. The second kappa shape index (κ2) is 6.13. The van der Waals surface area contributed by atoms with E-state index in [2.05, 4.69) is 37.3 Å². The number of aryl methyl sites for hydroxylation is 1. The van der Waals surface area contributed by atoms with Crippen molar-refractivity contribution in [3.63, 3.8) is 0 Å². The Hall–Kier alpha value is -0.430. The minimum absolute atomic E-state index is 0.995. The highest BCUT2D eigenvalue weighted by Gasteiger charge is 1.90. The van der Waals surface area contributed by atoms with Crippen LogP contribution in [-0.2, 0) is 6.42 Å². The second-order valence-corrected chi connectivity index (χ2v) is 3.93. The van der Waals surface area contributed by atoms with Crippen LogP contribution in [0.2, 0.25) is 0 Å². The van der Waals surface area contributed by atoms with E-state index in [-0.39, 0.29) is 0 Å². The maximum absolute atomic E-state index is 3.79. The molecule has 1 aromatic carbocycles. The molecule has 0 N–H and O–H groups in total. The van der Waals surface area contributed by atoms with Crippen LogP contribution >= 0.6 is 11.8 Å². The van der Waals surface area contributed by atoms with Gasteiger partial charge in [-0.25, -0.2) is 0 Å². The van der Waals surface area contributed by atoms with Gasteiger partial charge in [0.25, 0.3) is 0 Å². The van der Waals surface area contributed by atoms with Gasteiger partial charge in [0.2, 0.25) is 0 Å². The third kappa shape index (κ3) is 3.82. The maximum atomic E-state index is 3.79. The first kappa shape index (κ1) is 9.66. The lowest BCUT2D eigenvalue weighted by molar-refractivity contribution is 0.934. The Morgan fingerprint density at radius 3 is 2.58 bits per heavy atom. The van der Waals surface area contributed by atoms with Crippen LogP contribution in [0, 0.1) is 6.92 Å². The molecule has 1 aromatic rings. The van der Waals surface area contributed by atoms with Crippen molar-refractivity contribution in [2.45, 2.75) is 12.8 Å². The van der Waals surface area contributed by atoms with Gasteiger partial charge in [0.1, 0.15) is 0 Å². The largest absolute Gasteiger partial charge is 0.162 e. The van der Waals surface area contributed by atoms with E-state index in [4.69, 9.17) is 0 Å². The molecule has 1 rings (SSSR count). The van der Waals surface area contributed by atoms with E-state index in [1.165, 1.54) is 24.2 Å². The Bertz CT molecular complexity index is 193. The van der Waals surface area contributed by atoms with Gasteiger partial charge in [-0.3, -0.25) is 0 Å². The summed E-state index contributed by atoms with van der Waals surface area (Å²) in [5, 5.41) is 0. The smallest absolute Gasteiger partial charge is 0.00644 e. The summed E-state index contributed by atoms with van der Waals surface area (Å²) in [6.45, 7) is 3.79. The number of hydrogen-bond donors (Lipinski definition) is 0.